The lowest BCUT2D eigenvalue weighted by Gasteiger charge is -2.24. The van der Waals surface area contributed by atoms with Crippen molar-refractivity contribution in [1.82, 2.24) is 5.32 Å². The van der Waals surface area contributed by atoms with Gasteiger partial charge in [-0.25, -0.2) is 8.78 Å². The highest BCUT2D eigenvalue weighted by Crippen LogP contribution is 2.20. The van der Waals surface area contributed by atoms with Gasteiger partial charge in [0.15, 0.2) is 0 Å². The smallest absolute Gasteiger partial charge is 0.254 e. The number of carbonyl (C=O) groups is 1. The molecule has 1 fully saturated rings. The van der Waals surface area contributed by atoms with Crippen molar-refractivity contribution in [1.29, 1.82) is 0 Å². The molecule has 1 aliphatic rings. The third-order valence-electron chi connectivity index (χ3n) is 3.00. The van der Waals surface area contributed by atoms with E-state index in [1.807, 2.05) is 0 Å². The topological polar surface area (TPSA) is 67.2 Å². The Labute approximate surface area is 104 Å². The number of rotatable bonds is 3. The molecular weight excluding hydrogens is 240 g/mol. The summed E-state index contributed by atoms with van der Waals surface area (Å²) in [6, 6.07) is 2.39. The quantitative estimate of drug-likeness (QED) is 0.761. The van der Waals surface area contributed by atoms with E-state index >= 15 is 0 Å². The summed E-state index contributed by atoms with van der Waals surface area (Å²) in [6.07, 6.45) is 1.78. The molecule has 1 amide bonds. The number of hydrogen-bond acceptors (Lipinski definition) is 3. The zero-order valence-electron chi connectivity index (χ0n) is 9.80. The average molecular weight is 255 g/mol. The molecule has 2 rings (SSSR count). The van der Waals surface area contributed by atoms with E-state index in [9.17, 15) is 13.6 Å². The SMILES string of the molecule is NC(=O)c1c(F)cc(NC2CCNCC2)cc1F. The molecule has 0 saturated carbocycles. The number of nitrogens with one attached hydrogen (secondary N) is 2. The lowest BCUT2D eigenvalue weighted by Crippen LogP contribution is -2.35. The van der Waals surface area contributed by atoms with Crippen molar-refractivity contribution in [3.63, 3.8) is 0 Å². The number of halogens is 2. The van der Waals surface area contributed by atoms with Gasteiger partial charge in [-0.2, -0.15) is 0 Å². The van der Waals surface area contributed by atoms with E-state index in [4.69, 9.17) is 5.73 Å². The molecule has 6 heteroatoms. The van der Waals surface area contributed by atoms with Crippen molar-refractivity contribution in [3.05, 3.63) is 29.3 Å². The molecule has 4 N–H and O–H groups in total. The van der Waals surface area contributed by atoms with Crippen LogP contribution in [0.2, 0.25) is 0 Å². The highest BCUT2D eigenvalue weighted by atomic mass is 19.1. The van der Waals surface area contributed by atoms with Gasteiger partial charge in [0.25, 0.3) is 5.91 Å². The summed E-state index contributed by atoms with van der Waals surface area (Å²) in [4.78, 5) is 10.9. The van der Waals surface area contributed by atoms with Gasteiger partial charge < -0.3 is 16.4 Å². The van der Waals surface area contributed by atoms with Crippen molar-refractivity contribution in [3.8, 4) is 0 Å². The van der Waals surface area contributed by atoms with Gasteiger partial charge in [0, 0.05) is 11.7 Å². The van der Waals surface area contributed by atoms with Gasteiger partial charge in [0.1, 0.15) is 17.2 Å². The number of carbonyl (C=O) groups excluding carboxylic acids is 1. The van der Waals surface area contributed by atoms with Crippen molar-refractivity contribution >= 4 is 11.6 Å². The molecule has 1 aromatic carbocycles. The fraction of sp³-hybridized carbons (Fsp3) is 0.417. The zero-order valence-corrected chi connectivity index (χ0v) is 9.80. The van der Waals surface area contributed by atoms with Gasteiger partial charge in [0.2, 0.25) is 0 Å². The molecule has 0 spiro atoms. The molecule has 0 aromatic heterocycles. The van der Waals surface area contributed by atoms with E-state index < -0.39 is 23.1 Å². The van der Waals surface area contributed by atoms with Crippen LogP contribution in [0.3, 0.4) is 0 Å². The Morgan fingerprint density at radius 1 is 1.28 bits per heavy atom. The molecule has 98 valence electrons. The average Bonchev–Trinajstić information content (AvgIpc) is 2.28. The summed E-state index contributed by atoms with van der Waals surface area (Å²) in [5, 5.41) is 6.25. The van der Waals surface area contributed by atoms with Crippen LogP contribution in [0.1, 0.15) is 23.2 Å². The Morgan fingerprint density at radius 2 is 1.83 bits per heavy atom. The molecule has 4 nitrogen and oxygen atoms in total. The first-order valence-corrected chi connectivity index (χ1v) is 5.84. The number of anilines is 1. The molecule has 1 aliphatic heterocycles. The highest BCUT2D eigenvalue weighted by molar-refractivity contribution is 5.93. The second-order valence-electron chi connectivity index (χ2n) is 4.35. The first-order chi connectivity index (χ1) is 8.58. The fourth-order valence-electron chi connectivity index (χ4n) is 2.09. The number of benzene rings is 1. The number of primary amides is 1. The van der Waals surface area contributed by atoms with Crippen LogP contribution in [0.4, 0.5) is 14.5 Å². The molecule has 0 aliphatic carbocycles. The van der Waals surface area contributed by atoms with Crippen LogP contribution < -0.4 is 16.4 Å². The van der Waals surface area contributed by atoms with Crippen molar-refractivity contribution in [2.75, 3.05) is 18.4 Å². The van der Waals surface area contributed by atoms with Gasteiger partial charge in [-0.1, -0.05) is 0 Å². The third-order valence-corrected chi connectivity index (χ3v) is 3.00. The summed E-state index contributed by atoms with van der Waals surface area (Å²) in [6.45, 7) is 1.75. The lowest BCUT2D eigenvalue weighted by molar-refractivity contribution is 0.0992. The molecule has 0 atom stereocenters. The lowest BCUT2D eigenvalue weighted by atomic mass is 10.1. The monoisotopic (exact) mass is 255 g/mol. The number of amides is 1. The highest BCUT2D eigenvalue weighted by Gasteiger charge is 2.18. The minimum atomic E-state index is -1.10. The maximum Gasteiger partial charge on any atom is 0.254 e. The van der Waals surface area contributed by atoms with Gasteiger partial charge in [-0.05, 0) is 38.1 Å². The van der Waals surface area contributed by atoms with Crippen LogP contribution in [-0.2, 0) is 0 Å². The maximum atomic E-state index is 13.5. The van der Waals surface area contributed by atoms with Gasteiger partial charge >= 0.3 is 0 Å². The van der Waals surface area contributed by atoms with Crippen LogP contribution >= 0.6 is 0 Å². The Morgan fingerprint density at radius 3 is 2.33 bits per heavy atom. The fourth-order valence-corrected chi connectivity index (χ4v) is 2.09. The van der Waals surface area contributed by atoms with Gasteiger partial charge in [-0.3, -0.25) is 4.79 Å². The van der Waals surface area contributed by atoms with Crippen LogP contribution in [-0.4, -0.2) is 25.0 Å². The summed E-state index contributed by atoms with van der Waals surface area (Å²) in [7, 11) is 0. The van der Waals surface area contributed by atoms with E-state index in [1.54, 1.807) is 0 Å². The Hall–Kier alpha value is -1.69. The van der Waals surface area contributed by atoms with E-state index in [0.717, 1.165) is 38.1 Å². The second kappa shape index (κ2) is 5.30. The Balaban J connectivity index is 2.17. The molecule has 0 radical (unpaired) electrons. The maximum absolute atomic E-state index is 13.5. The van der Waals surface area contributed by atoms with Crippen LogP contribution in [0.5, 0.6) is 0 Å². The largest absolute Gasteiger partial charge is 0.382 e. The first kappa shape index (κ1) is 12.8. The van der Waals surface area contributed by atoms with E-state index in [1.165, 1.54) is 0 Å². The number of piperidine rings is 1. The van der Waals surface area contributed by atoms with Gasteiger partial charge in [0.05, 0.1) is 0 Å². The molecule has 0 unspecified atom stereocenters. The van der Waals surface area contributed by atoms with Crippen molar-refractivity contribution < 1.29 is 13.6 Å². The summed E-state index contributed by atoms with van der Waals surface area (Å²) < 4.78 is 27.0. The molecule has 0 bridgehead atoms. The number of hydrogen-bond donors (Lipinski definition) is 3. The minimum absolute atomic E-state index is 0.185. The predicted molar refractivity (Wildman–Crippen MR) is 64.4 cm³/mol. The summed E-state index contributed by atoms with van der Waals surface area (Å²) in [5.41, 5.74) is 4.55. The second-order valence-corrected chi connectivity index (χ2v) is 4.35. The first-order valence-electron chi connectivity index (χ1n) is 5.84. The van der Waals surface area contributed by atoms with E-state index in [2.05, 4.69) is 10.6 Å². The minimum Gasteiger partial charge on any atom is -0.382 e. The Bertz CT molecular complexity index is 436. The normalized spacial score (nSPS) is 16.6. The standard InChI is InChI=1S/C12H15F2N3O/c13-9-5-8(6-10(14)11(9)12(15)18)17-7-1-3-16-4-2-7/h5-7,16-17H,1-4H2,(H2,15,18). The van der Waals surface area contributed by atoms with E-state index in [-0.39, 0.29) is 6.04 Å². The molecule has 1 aromatic rings. The third kappa shape index (κ3) is 2.76. The van der Waals surface area contributed by atoms with Crippen LogP contribution in [0, 0.1) is 11.6 Å². The molecule has 18 heavy (non-hydrogen) atoms. The van der Waals surface area contributed by atoms with Crippen molar-refractivity contribution in [2.24, 2.45) is 5.73 Å². The summed E-state index contributed by atoms with van der Waals surface area (Å²) in [5.74, 6) is -2.96. The molecule has 1 saturated heterocycles. The molecular formula is C12H15F2N3O. The Kier molecular flexibility index (Phi) is 3.76. The predicted octanol–water partition coefficient (Wildman–Crippen LogP) is 1.23. The number of nitrogens with two attached hydrogens (primary N) is 1. The zero-order chi connectivity index (χ0) is 13.1. The van der Waals surface area contributed by atoms with Crippen LogP contribution in [0.25, 0.3) is 0 Å². The summed E-state index contributed by atoms with van der Waals surface area (Å²) >= 11 is 0. The molecule has 1 heterocycles. The van der Waals surface area contributed by atoms with E-state index in [0.29, 0.717) is 5.69 Å². The van der Waals surface area contributed by atoms with Crippen LogP contribution in [0.15, 0.2) is 12.1 Å². The van der Waals surface area contributed by atoms with Gasteiger partial charge in [-0.15, -0.1) is 0 Å². The van der Waals surface area contributed by atoms with Crippen molar-refractivity contribution in [2.45, 2.75) is 18.9 Å².